The number of nitrogens with one attached hydrogen (secondary N) is 1. The minimum Gasteiger partial charge on any atom is -0.492 e. The first-order chi connectivity index (χ1) is 8.13. The molecular formula is C14H20BrNO. The molecule has 0 spiro atoms. The summed E-state index contributed by atoms with van der Waals surface area (Å²) >= 11 is 3.53. The molecule has 0 heterocycles. The van der Waals surface area contributed by atoms with E-state index in [4.69, 9.17) is 4.74 Å². The van der Waals surface area contributed by atoms with Gasteiger partial charge in [-0.3, -0.25) is 0 Å². The highest BCUT2D eigenvalue weighted by Gasteiger charge is 2.03. The summed E-state index contributed by atoms with van der Waals surface area (Å²) in [5.74, 6) is 0.889. The van der Waals surface area contributed by atoms with Crippen molar-refractivity contribution in [3.63, 3.8) is 0 Å². The van der Waals surface area contributed by atoms with Gasteiger partial charge in [-0.2, -0.15) is 0 Å². The van der Waals surface area contributed by atoms with E-state index in [0.29, 0.717) is 12.6 Å². The third kappa shape index (κ3) is 5.37. The van der Waals surface area contributed by atoms with Gasteiger partial charge < -0.3 is 10.1 Å². The van der Waals surface area contributed by atoms with Crippen molar-refractivity contribution in [1.29, 1.82) is 0 Å². The van der Waals surface area contributed by atoms with E-state index in [0.717, 1.165) is 23.2 Å². The number of rotatable bonds is 7. The van der Waals surface area contributed by atoms with Gasteiger partial charge in [0.05, 0.1) is 11.1 Å². The maximum Gasteiger partial charge on any atom is 0.133 e. The summed E-state index contributed by atoms with van der Waals surface area (Å²) in [6.07, 6.45) is 2.72. The van der Waals surface area contributed by atoms with Crippen molar-refractivity contribution in [2.24, 2.45) is 0 Å². The van der Waals surface area contributed by atoms with Gasteiger partial charge in [0.25, 0.3) is 0 Å². The van der Waals surface area contributed by atoms with E-state index in [1.807, 2.05) is 12.1 Å². The Morgan fingerprint density at radius 1 is 1.47 bits per heavy atom. The van der Waals surface area contributed by atoms with E-state index < -0.39 is 0 Å². The van der Waals surface area contributed by atoms with Gasteiger partial charge in [-0.25, -0.2) is 0 Å². The maximum atomic E-state index is 5.62. The Labute approximate surface area is 112 Å². The van der Waals surface area contributed by atoms with Crippen LogP contribution in [0.15, 0.2) is 35.3 Å². The number of halogens is 1. The van der Waals surface area contributed by atoms with E-state index in [1.165, 1.54) is 5.56 Å². The van der Waals surface area contributed by atoms with E-state index in [1.54, 1.807) is 0 Å². The minimum atomic E-state index is 0.497. The van der Waals surface area contributed by atoms with Crippen LogP contribution in [0.3, 0.4) is 0 Å². The molecule has 0 radical (unpaired) electrons. The average Bonchev–Trinajstić information content (AvgIpc) is 2.29. The highest BCUT2D eigenvalue weighted by Crippen LogP contribution is 2.26. The van der Waals surface area contributed by atoms with E-state index in [9.17, 15) is 0 Å². The molecule has 0 unspecified atom stereocenters. The van der Waals surface area contributed by atoms with Crippen molar-refractivity contribution < 1.29 is 4.74 Å². The molecule has 0 aliphatic rings. The summed E-state index contributed by atoms with van der Waals surface area (Å²) in [5, 5.41) is 3.39. The summed E-state index contributed by atoms with van der Waals surface area (Å²) in [6.45, 7) is 9.50. The lowest BCUT2D eigenvalue weighted by atomic mass is 10.2. The van der Waals surface area contributed by atoms with Crippen molar-refractivity contribution in [2.75, 3.05) is 6.61 Å². The van der Waals surface area contributed by atoms with Crippen LogP contribution in [-0.2, 0) is 6.54 Å². The van der Waals surface area contributed by atoms with Crippen molar-refractivity contribution in [3.8, 4) is 5.75 Å². The number of hydrogen-bond acceptors (Lipinski definition) is 2. The summed E-state index contributed by atoms with van der Waals surface area (Å²) in [5.41, 5.74) is 1.25. The molecule has 0 fully saturated rings. The van der Waals surface area contributed by atoms with Crippen LogP contribution >= 0.6 is 15.9 Å². The number of ether oxygens (including phenoxy) is 1. The maximum absolute atomic E-state index is 5.62. The van der Waals surface area contributed by atoms with E-state index >= 15 is 0 Å². The third-order valence-electron chi connectivity index (χ3n) is 2.29. The highest BCUT2D eigenvalue weighted by atomic mass is 79.9. The number of hydrogen-bond donors (Lipinski definition) is 1. The second-order valence-corrected chi connectivity index (χ2v) is 5.08. The van der Waals surface area contributed by atoms with Gasteiger partial charge in [-0.15, -0.1) is 6.58 Å². The Morgan fingerprint density at radius 2 is 2.24 bits per heavy atom. The second kappa shape index (κ2) is 7.51. The molecule has 1 aromatic rings. The molecule has 0 atom stereocenters. The van der Waals surface area contributed by atoms with Gasteiger partial charge in [0.15, 0.2) is 0 Å². The Balaban J connectivity index is 2.56. The topological polar surface area (TPSA) is 21.3 Å². The number of benzene rings is 1. The van der Waals surface area contributed by atoms with Gasteiger partial charge >= 0.3 is 0 Å². The van der Waals surface area contributed by atoms with Crippen LogP contribution in [0.4, 0.5) is 0 Å². The Kier molecular flexibility index (Phi) is 6.30. The van der Waals surface area contributed by atoms with Crippen molar-refractivity contribution >= 4 is 15.9 Å². The van der Waals surface area contributed by atoms with Gasteiger partial charge in [-0.1, -0.05) is 26.0 Å². The predicted octanol–water partition coefficient (Wildman–Crippen LogP) is 3.90. The molecule has 0 saturated carbocycles. The van der Waals surface area contributed by atoms with Crippen molar-refractivity contribution in [2.45, 2.75) is 32.9 Å². The molecule has 0 saturated heterocycles. The Morgan fingerprint density at radius 3 is 2.82 bits per heavy atom. The Bertz CT molecular complexity index is 363. The molecule has 2 nitrogen and oxygen atoms in total. The van der Waals surface area contributed by atoms with Crippen LogP contribution in [0.2, 0.25) is 0 Å². The smallest absolute Gasteiger partial charge is 0.133 e. The zero-order chi connectivity index (χ0) is 12.7. The quantitative estimate of drug-likeness (QED) is 0.609. The van der Waals surface area contributed by atoms with Gasteiger partial charge in [0.1, 0.15) is 5.75 Å². The van der Waals surface area contributed by atoms with Gasteiger partial charge in [-0.05, 0) is 40.0 Å². The van der Waals surface area contributed by atoms with Gasteiger partial charge in [0, 0.05) is 12.6 Å². The molecule has 3 heteroatoms. The first-order valence-corrected chi connectivity index (χ1v) is 6.68. The zero-order valence-corrected chi connectivity index (χ0v) is 12.1. The fraction of sp³-hybridized carbons (Fsp3) is 0.429. The Hall–Kier alpha value is -0.800. The molecular weight excluding hydrogens is 278 g/mol. The molecule has 1 rings (SSSR count). The average molecular weight is 298 g/mol. The lowest BCUT2D eigenvalue weighted by Crippen LogP contribution is -2.21. The molecule has 1 N–H and O–H groups in total. The normalized spacial score (nSPS) is 10.6. The van der Waals surface area contributed by atoms with Crippen LogP contribution in [0.5, 0.6) is 5.75 Å². The van der Waals surface area contributed by atoms with E-state index in [2.05, 4.69) is 53.8 Å². The predicted molar refractivity (Wildman–Crippen MR) is 76.4 cm³/mol. The molecule has 94 valence electrons. The molecule has 0 amide bonds. The molecule has 0 aromatic heterocycles. The largest absolute Gasteiger partial charge is 0.492 e. The van der Waals surface area contributed by atoms with Crippen LogP contribution in [-0.4, -0.2) is 12.6 Å². The molecule has 0 aliphatic carbocycles. The first kappa shape index (κ1) is 14.3. The zero-order valence-electron chi connectivity index (χ0n) is 10.5. The molecule has 1 aromatic carbocycles. The second-order valence-electron chi connectivity index (χ2n) is 4.23. The van der Waals surface area contributed by atoms with Crippen molar-refractivity contribution in [3.05, 3.63) is 40.9 Å². The van der Waals surface area contributed by atoms with Gasteiger partial charge in [0.2, 0.25) is 0 Å². The summed E-state index contributed by atoms with van der Waals surface area (Å²) in [7, 11) is 0. The highest BCUT2D eigenvalue weighted by molar-refractivity contribution is 9.10. The van der Waals surface area contributed by atoms with Crippen LogP contribution in [0, 0.1) is 0 Å². The molecule has 17 heavy (non-hydrogen) atoms. The summed E-state index contributed by atoms with van der Waals surface area (Å²) in [6, 6.07) is 6.68. The first-order valence-electron chi connectivity index (χ1n) is 5.89. The fourth-order valence-corrected chi connectivity index (χ4v) is 1.89. The summed E-state index contributed by atoms with van der Waals surface area (Å²) in [4.78, 5) is 0. The minimum absolute atomic E-state index is 0.497. The van der Waals surface area contributed by atoms with Crippen LogP contribution < -0.4 is 10.1 Å². The van der Waals surface area contributed by atoms with Crippen LogP contribution in [0.1, 0.15) is 25.8 Å². The fourth-order valence-electron chi connectivity index (χ4n) is 1.35. The molecule has 0 aliphatic heterocycles. The molecule has 0 bridgehead atoms. The monoisotopic (exact) mass is 297 g/mol. The lowest BCUT2D eigenvalue weighted by Gasteiger charge is -2.11. The third-order valence-corrected chi connectivity index (χ3v) is 2.91. The standard InChI is InChI=1S/C14H20BrNO/c1-4-5-8-17-14-7-6-12(9-13(14)15)10-16-11(2)3/h4,6-7,9,11,16H,1,5,8,10H2,2-3H3. The van der Waals surface area contributed by atoms with Crippen molar-refractivity contribution in [1.82, 2.24) is 5.32 Å². The van der Waals surface area contributed by atoms with Crippen LogP contribution in [0.25, 0.3) is 0 Å². The lowest BCUT2D eigenvalue weighted by molar-refractivity contribution is 0.323. The SMILES string of the molecule is C=CCCOc1ccc(CNC(C)C)cc1Br. The van der Waals surface area contributed by atoms with E-state index in [-0.39, 0.29) is 0 Å². The summed E-state index contributed by atoms with van der Waals surface area (Å²) < 4.78 is 6.62.